The molecule has 18 heavy (non-hydrogen) atoms. The normalized spacial score (nSPS) is 19.8. The van der Waals surface area contributed by atoms with E-state index in [1.54, 1.807) is 0 Å². The summed E-state index contributed by atoms with van der Waals surface area (Å²) in [5.74, 6) is -0.0239. The number of carbonyl (C=O) groups excluding carboxylic acids is 1. The van der Waals surface area contributed by atoms with Gasteiger partial charge >= 0.3 is 0 Å². The number of ether oxygens (including phenoxy) is 1. The highest BCUT2D eigenvalue weighted by molar-refractivity contribution is 5.95. The smallest absolute Gasteiger partial charge is 0.253 e. The number of hydrogen-bond donors (Lipinski definition) is 1. The molecule has 1 aromatic carbocycles. The largest absolute Gasteiger partial charge is 0.368 e. The number of benzene rings is 1. The highest BCUT2D eigenvalue weighted by atomic mass is 16.5. The Labute approximate surface area is 109 Å². The number of amides is 1. The lowest BCUT2D eigenvalue weighted by Gasteiger charge is -2.23. The van der Waals surface area contributed by atoms with Crippen molar-refractivity contribution in [2.75, 3.05) is 11.9 Å². The Kier molecular flexibility index (Phi) is 3.71. The molecule has 0 radical (unpaired) electrons. The number of hydrogen-bond acceptors (Lipinski definition) is 2. The van der Waals surface area contributed by atoms with Crippen LogP contribution in [0.4, 0.5) is 5.69 Å². The highest BCUT2D eigenvalue weighted by Crippen LogP contribution is 2.29. The molecule has 1 amide bonds. The second-order valence-corrected chi connectivity index (χ2v) is 5.79. The molecule has 2 rings (SSSR count). The first-order valence-electron chi connectivity index (χ1n) is 6.50. The Hall–Kier alpha value is -1.35. The summed E-state index contributed by atoms with van der Waals surface area (Å²) in [5.41, 5.74) is 2.06. The molecule has 1 aromatic rings. The summed E-state index contributed by atoms with van der Waals surface area (Å²) >= 11 is 0. The van der Waals surface area contributed by atoms with Gasteiger partial charge in [-0.05, 0) is 29.9 Å². The van der Waals surface area contributed by atoms with Crippen LogP contribution in [0.1, 0.15) is 39.2 Å². The average Bonchev–Trinajstić information content (AvgIpc) is 2.81. The fourth-order valence-electron chi connectivity index (χ4n) is 2.24. The van der Waals surface area contributed by atoms with Gasteiger partial charge in [-0.1, -0.05) is 39.0 Å². The van der Waals surface area contributed by atoms with Crippen LogP contribution < -0.4 is 5.32 Å². The predicted molar refractivity (Wildman–Crippen MR) is 72.7 cm³/mol. The minimum Gasteiger partial charge on any atom is -0.368 e. The van der Waals surface area contributed by atoms with Gasteiger partial charge in [0.2, 0.25) is 0 Å². The average molecular weight is 247 g/mol. The van der Waals surface area contributed by atoms with Gasteiger partial charge in [-0.3, -0.25) is 4.79 Å². The lowest BCUT2D eigenvalue weighted by Crippen LogP contribution is -2.28. The van der Waals surface area contributed by atoms with Gasteiger partial charge in [0.05, 0.1) is 0 Å². The summed E-state index contributed by atoms with van der Waals surface area (Å²) < 4.78 is 5.40. The fraction of sp³-hybridized carbons (Fsp3) is 0.533. The number of para-hydroxylation sites is 1. The van der Waals surface area contributed by atoms with Crippen LogP contribution in [0.25, 0.3) is 0 Å². The summed E-state index contributed by atoms with van der Waals surface area (Å²) in [6, 6.07) is 7.96. The maximum absolute atomic E-state index is 12.1. The number of nitrogens with one attached hydrogen (secondary N) is 1. The van der Waals surface area contributed by atoms with Gasteiger partial charge in [-0.2, -0.15) is 0 Å². The van der Waals surface area contributed by atoms with E-state index >= 15 is 0 Å². The van der Waals surface area contributed by atoms with Crippen LogP contribution in [-0.2, 0) is 14.9 Å². The molecule has 1 heterocycles. The molecule has 0 aromatic heterocycles. The minimum atomic E-state index is -0.280. The molecule has 0 aliphatic carbocycles. The zero-order valence-corrected chi connectivity index (χ0v) is 11.3. The minimum absolute atomic E-state index is 0.0143. The molecule has 1 atom stereocenters. The standard InChI is InChI=1S/C15H21NO2/c1-15(2,3)11-7-4-5-8-12(11)16-14(17)13-9-6-10-18-13/h4-5,7-8,13H,6,9-10H2,1-3H3,(H,16,17). The van der Waals surface area contributed by atoms with Gasteiger partial charge in [0.1, 0.15) is 6.10 Å². The van der Waals surface area contributed by atoms with Crippen LogP contribution in [0.15, 0.2) is 24.3 Å². The molecule has 3 nitrogen and oxygen atoms in total. The van der Waals surface area contributed by atoms with Crippen LogP contribution >= 0.6 is 0 Å². The molecule has 3 heteroatoms. The predicted octanol–water partition coefficient (Wildman–Crippen LogP) is 3.10. The molecule has 0 bridgehead atoms. The van der Waals surface area contributed by atoms with Gasteiger partial charge in [-0.25, -0.2) is 0 Å². The van der Waals surface area contributed by atoms with Gasteiger partial charge in [0.25, 0.3) is 5.91 Å². The van der Waals surface area contributed by atoms with E-state index in [0.29, 0.717) is 6.61 Å². The molecule has 1 unspecified atom stereocenters. The summed E-state index contributed by atoms with van der Waals surface area (Å²) in [6.45, 7) is 7.12. The number of carbonyl (C=O) groups is 1. The second-order valence-electron chi connectivity index (χ2n) is 5.79. The second kappa shape index (κ2) is 5.11. The Bertz CT molecular complexity index is 428. The van der Waals surface area contributed by atoms with Crippen molar-refractivity contribution in [3.8, 4) is 0 Å². The van der Waals surface area contributed by atoms with Crippen molar-refractivity contribution in [1.29, 1.82) is 0 Å². The van der Waals surface area contributed by atoms with E-state index in [4.69, 9.17) is 4.74 Å². The lowest BCUT2D eigenvalue weighted by atomic mass is 9.86. The maximum Gasteiger partial charge on any atom is 0.253 e. The quantitative estimate of drug-likeness (QED) is 0.872. The van der Waals surface area contributed by atoms with Crippen molar-refractivity contribution >= 4 is 11.6 Å². The highest BCUT2D eigenvalue weighted by Gasteiger charge is 2.25. The topological polar surface area (TPSA) is 38.3 Å². The first kappa shape index (κ1) is 13.1. The molecule has 1 N–H and O–H groups in total. The summed E-state index contributed by atoms with van der Waals surface area (Å²) in [4.78, 5) is 12.1. The molecule has 1 aliphatic heterocycles. The van der Waals surface area contributed by atoms with Crippen molar-refractivity contribution in [3.63, 3.8) is 0 Å². The summed E-state index contributed by atoms with van der Waals surface area (Å²) in [6.07, 6.45) is 1.51. The first-order valence-corrected chi connectivity index (χ1v) is 6.50. The molecule has 0 spiro atoms. The fourth-order valence-corrected chi connectivity index (χ4v) is 2.24. The Balaban J connectivity index is 2.16. The van der Waals surface area contributed by atoms with Gasteiger partial charge in [0, 0.05) is 12.3 Å². The van der Waals surface area contributed by atoms with Gasteiger partial charge < -0.3 is 10.1 Å². The van der Waals surface area contributed by atoms with E-state index in [-0.39, 0.29) is 17.4 Å². The van der Waals surface area contributed by atoms with Gasteiger partial charge in [-0.15, -0.1) is 0 Å². The zero-order chi connectivity index (χ0) is 13.2. The van der Waals surface area contributed by atoms with Crippen molar-refractivity contribution in [3.05, 3.63) is 29.8 Å². The number of rotatable bonds is 2. The van der Waals surface area contributed by atoms with Crippen molar-refractivity contribution in [2.45, 2.75) is 45.1 Å². The third kappa shape index (κ3) is 2.91. The van der Waals surface area contributed by atoms with Crippen molar-refractivity contribution in [1.82, 2.24) is 0 Å². The summed E-state index contributed by atoms with van der Waals surface area (Å²) in [5, 5.41) is 3.00. The zero-order valence-electron chi connectivity index (χ0n) is 11.3. The van der Waals surface area contributed by atoms with Crippen LogP contribution in [0.5, 0.6) is 0 Å². The van der Waals surface area contributed by atoms with E-state index in [1.807, 2.05) is 18.2 Å². The third-order valence-corrected chi connectivity index (χ3v) is 3.22. The molecule has 1 fully saturated rings. The molecular weight excluding hydrogens is 226 g/mol. The van der Waals surface area contributed by atoms with Crippen LogP contribution in [0.2, 0.25) is 0 Å². The van der Waals surface area contributed by atoms with E-state index in [2.05, 4.69) is 32.2 Å². The Morgan fingerprint density at radius 3 is 2.67 bits per heavy atom. The van der Waals surface area contributed by atoms with E-state index in [9.17, 15) is 4.79 Å². The first-order chi connectivity index (χ1) is 8.48. The SMILES string of the molecule is CC(C)(C)c1ccccc1NC(=O)C1CCCO1. The van der Waals surface area contributed by atoms with Crippen LogP contribution in [0, 0.1) is 0 Å². The van der Waals surface area contributed by atoms with Gasteiger partial charge in [0.15, 0.2) is 0 Å². The van der Waals surface area contributed by atoms with E-state index in [0.717, 1.165) is 24.1 Å². The van der Waals surface area contributed by atoms with Crippen LogP contribution in [0.3, 0.4) is 0 Å². The third-order valence-electron chi connectivity index (χ3n) is 3.22. The molecular formula is C15H21NO2. The molecule has 1 aliphatic rings. The molecule has 0 saturated carbocycles. The number of anilines is 1. The Morgan fingerprint density at radius 2 is 2.06 bits per heavy atom. The van der Waals surface area contributed by atoms with Crippen LogP contribution in [-0.4, -0.2) is 18.6 Å². The van der Waals surface area contributed by atoms with E-state index < -0.39 is 0 Å². The van der Waals surface area contributed by atoms with Crippen molar-refractivity contribution < 1.29 is 9.53 Å². The Morgan fingerprint density at radius 1 is 1.33 bits per heavy atom. The maximum atomic E-state index is 12.1. The molecule has 1 saturated heterocycles. The summed E-state index contributed by atoms with van der Waals surface area (Å²) in [7, 11) is 0. The van der Waals surface area contributed by atoms with E-state index in [1.165, 1.54) is 0 Å². The monoisotopic (exact) mass is 247 g/mol. The molecule has 98 valence electrons. The van der Waals surface area contributed by atoms with Crippen molar-refractivity contribution in [2.24, 2.45) is 0 Å². The lowest BCUT2D eigenvalue weighted by molar-refractivity contribution is -0.124.